The summed E-state index contributed by atoms with van der Waals surface area (Å²) in [5.74, 6) is -0.469. The third kappa shape index (κ3) is 3.71. The zero-order chi connectivity index (χ0) is 17.9. The van der Waals surface area contributed by atoms with Crippen molar-refractivity contribution in [2.45, 2.75) is 71.1 Å². The second-order valence-electron chi connectivity index (χ2n) is 6.96. The molecule has 2 fully saturated rings. The Balaban J connectivity index is 2.07. The second-order valence-corrected chi connectivity index (χ2v) is 6.96. The predicted molar refractivity (Wildman–Crippen MR) is 89.4 cm³/mol. The van der Waals surface area contributed by atoms with Crippen molar-refractivity contribution in [2.24, 2.45) is 0 Å². The summed E-state index contributed by atoms with van der Waals surface area (Å²) in [5, 5.41) is 2.84. The van der Waals surface area contributed by atoms with Crippen molar-refractivity contribution in [1.82, 2.24) is 15.1 Å². The summed E-state index contributed by atoms with van der Waals surface area (Å²) in [5.41, 5.74) is -0.841. The number of amides is 4. The molecule has 0 saturated carbocycles. The molecule has 1 N–H and O–H groups in total. The van der Waals surface area contributed by atoms with Crippen LogP contribution in [0.3, 0.4) is 0 Å². The molecule has 2 aliphatic heterocycles. The number of urea groups is 1. The SMILES string of the molecule is CCCC1(CCC)NC(=O)N(CC(=O)N2CC(C)OC(C)C2)C1=O. The van der Waals surface area contributed by atoms with Gasteiger partial charge in [-0.25, -0.2) is 4.79 Å². The lowest BCUT2D eigenvalue weighted by Gasteiger charge is -2.35. The molecule has 0 radical (unpaired) electrons. The first kappa shape index (κ1) is 18.7. The summed E-state index contributed by atoms with van der Waals surface area (Å²) in [6.45, 7) is 8.58. The Morgan fingerprint density at radius 2 is 1.71 bits per heavy atom. The molecule has 2 unspecified atom stereocenters. The Morgan fingerprint density at radius 1 is 1.17 bits per heavy atom. The standard InChI is InChI=1S/C17H29N3O4/c1-5-7-17(8-6-2)15(22)20(16(23)18-17)11-14(21)19-9-12(3)24-13(4)10-19/h12-13H,5-11H2,1-4H3,(H,18,23). The molecular formula is C17H29N3O4. The van der Waals surface area contributed by atoms with Crippen molar-refractivity contribution >= 4 is 17.8 Å². The maximum absolute atomic E-state index is 12.8. The molecule has 0 aromatic heterocycles. The summed E-state index contributed by atoms with van der Waals surface area (Å²) >= 11 is 0. The number of nitrogens with zero attached hydrogens (tertiary/aromatic N) is 2. The first-order chi connectivity index (χ1) is 11.3. The van der Waals surface area contributed by atoms with Crippen molar-refractivity contribution in [1.29, 1.82) is 0 Å². The molecular weight excluding hydrogens is 310 g/mol. The molecule has 24 heavy (non-hydrogen) atoms. The first-order valence-corrected chi connectivity index (χ1v) is 8.90. The maximum Gasteiger partial charge on any atom is 0.325 e. The van der Waals surface area contributed by atoms with Gasteiger partial charge >= 0.3 is 6.03 Å². The summed E-state index contributed by atoms with van der Waals surface area (Å²) < 4.78 is 5.62. The lowest BCUT2D eigenvalue weighted by Crippen LogP contribution is -2.52. The van der Waals surface area contributed by atoms with Crippen LogP contribution in [-0.4, -0.2) is 65.0 Å². The van der Waals surface area contributed by atoms with Crippen LogP contribution in [0.15, 0.2) is 0 Å². The predicted octanol–water partition coefficient (Wildman–Crippen LogP) is 1.51. The Labute approximate surface area is 143 Å². The number of morpholine rings is 1. The van der Waals surface area contributed by atoms with E-state index in [9.17, 15) is 14.4 Å². The fourth-order valence-electron chi connectivity index (χ4n) is 3.75. The van der Waals surface area contributed by atoms with Crippen LogP contribution in [0.25, 0.3) is 0 Å². The number of hydrogen-bond donors (Lipinski definition) is 1. The minimum atomic E-state index is -0.841. The van der Waals surface area contributed by atoms with Gasteiger partial charge < -0.3 is 15.0 Å². The molecule has 0 bridgehead atoms. The molecule has 2 heterocycles. The van der Waals surface area contributed by atoms with Gasteiger partial charge in [-0.1, -0.05) is 26.7 Å². The summed E-state index contributed by atoms with van der Waals surface area (Å²) in [7, 11) is 0. The third-order valence-electron chi connectivity index (χ3n) is 4.67. The van der Waals surface area contributed by atoms with Gasteiger partial charge in [-0.15, -0.1) is 0 Å². The number of hydrogen-bond acceptors (Lipinski definition) is 4. The van der Waals surface area contributed by atoms with Gasteiger partial charge in [0.1, 0.15) is 12.1 Å². The molecule has 7 nitrogen and oxygen atoms in total. The Hall–Kier alpha value is -1.63. The minimum Gasteiger partial charge on any atom is -0.372 e. The van der Waals surface area contributed by atoms with Gasteiger partial charge in [-0.05, 0) is 26.7 Å². The van der Waals surface area contributed by atoms with Gasteiger partial charge in [-0.3, -0.25) is 14.5 Å². The van der Waals surface area contributed by atoms with Crippen molar-refractivity contribution in [3.05, 3.63) is 0 Å². The summed E-state index contributed by atoms with van der Waals surface area (Å²) in [6, 6.07) is -0.454. The highest BCUT2D eigenvalue weighted by atomic mass is 16.5. The van der Waals surface area contributed by atoms with Crippen LogP contribution in [0.5, 0.6) is 0 Å². The average molecular weight is 339 g/mol. The molecule has 2 atom stereocenters. The van der Waals surface area contributed by atoms with Crippen LogP contribution in [0.1, 0.15) is 53.4 Å². The average Bonchev–Trinajstić information content (AvgIpc) is 2.71. The van der Waals surface area contributed by atoms with Gasteiger partial charge in [0, 0.05) is 13.1 Å². The monoisotopic (exact) mass is 339 g/mol. The summed E-state index contributed by atoms with van der Waals surface area (Å²) in [4.78, 5) is 40.4. The van der Waals surface area contributed by atoms with E-state index in [-0.39, 0.29) is 30.6 Å². The lowest BCUT2D eigenvalue weighted by molar-refractivity contribution is -0.147. The molecule has 2 aliphatic rings. The topological polar surface area (TPSA) is 79.0 Å². The van der Waals surface area contributed by atoms with Crippen LogP contribution >= 0.6 is 0 Å². The van der Waals surface area contributed by atoms with Crippen LogP contribution < -0.4 is 5.32 Å². The highest BCUT2D eigenvalue weighted by molar-refractivity contribution is 6.09. The van der Waals surface area contributed by atoms with Crippen molar-refractivity contribution in [3.63, 3.8) is 0 Å². The molecule has 4 amide bonds. The Morgan fingerprint density at radius 3 is 2.21 bits per heavy atom. The second kappa shape index (κ2) is 7.51. The summed E-state index contributed by atoms with van der Waals surface area (Å²) in [6.07, 6.45) is 2.71. The van der Waals surface area contributed by atoms with Gasteiger partial charge in [0.25, 0.3) is 5.91 Å². The quantitative estimate of drug-likeness (QED) is 0.744. The van der Waals surface area contributed by atoms with Crippen molar-refractivity contribution in [2.75, 3.05) is 19.6 Å². The molecule has 7 heteroatoms. The Bertz CT molecular complexity index is 492. The van der Waals surface area contributed by atoms with E-state index in [1.165, 1.54) is 0 Å². The number of imide groups is 1. The van der Waals surface area contributed by atoms with Gasteiger partial charge in [0.15, 0.2) is 0 Å². The minimum absolute atomic E-state index is 0.0416. The van der Waals surface area contributed by atoms with Crippen LogP contribution in [0.2, 0.25) is 0 Å². The lowest BCUT2D eigenvalue weighted by atomic mass is 9.88. The zero-order valence-electron chi connectivity index (χ0n) is 15.1. The number of nitrogens with one attached hydrogen (secondary N) is 1. The molecule has 2 saturated heterocycles. The Kier molecular flexibility index (Phi) is 5.85. The van der Waals surface area contributed by atoms with E-state index in [4.69, 9.17) is 4.74 Å². The number of carbonyl (C=O) groups is 3. The molecule has 0 spiro atoms. The van der Waals surface area contributed by atoms with E-state index in [1.807, 2.05) is 27.7 Å². The van der Waals surface area contributed by atoms with E-state index >= 15 is 0 Å². The zero-order valence-corrected chi connectivity index (χ0v) is 15.1. The van der Waals surface area contributed by atoms with Crippen molar-refractivity contribution in [3.8, 4) is 0 Å². The number of ether oxygens (including phenoxy) is 1. The van der Waals surface area contributed by atoms with E-state index in [0.29, 0.717) is 25.9 Å². The highest BCUT2D eigenvalue weighted by Gasteiger charge is 2.50. The fraction of sp³-hybridized carbons (Fsp3) is 0.824. The molecule has 2 rings (SSSR count). The highest BCUT2D eigenvalue weighted by Crippen LogP contribution is 2.28. The van der Waals surface area contributed by atoms with E-state index in [2.05, 4.69) is 5.32 Å². The third-order valence-corrected chi connectivity index (χ3v) is 4.67. The van der Waals surface area contributed by atoms with Gasteiger partial charge in [-0.2, -0.15) is 0 Å². The van der Waals surface area contributed by atoms with Gasteiger partial charge in [0.2, 0.25) is 5.91 Å². The van der Waals surface area contributed by atoms with E-state index in [0.717, 1.165) is 17.7 Å². The fourth-order valence-corrected chi connectivity index (χ4v) is 3.75. The smallest absolute Gasteiger partial charge is 0.325 e. The first-order valence-electron chi connectivity index (χ1n) is 8.90. The maximum atomic E-state index is 12.8. The molecule has 0 aliphatic carbocycles. The molecule has 0 aromatic carbocycles. The number of rotatable bonds is 6. The van der Waals surface area contributed by atoms with E-state index in [1.54, 1.807) is 4.90 Å². The van der Waals surface area contributed by atoms with Crippen LogP contribution in [0, 0.1) is 0 Å². The van der Waals surface area contributed by atoms with Gasteiger partial charge in [0.05, 0.1) is 12.2 Å². The normalized spacial score (nSPS) is 26.7. The molecule has 0 aromatic rings. The number of carbonyl (C=O) groups excluding carboxylic acids is 3. The van der Waals surface area contributed by atoms with Crippen molar-refractivity contribution < 1.29 is 19.1 Å². The largest absolute Gasteiger partial charge is 0.372 e. The molecule has 136 valence electrons. The van der Waals surface area contributed by atoms with Crippen LogP contribution in [-0.2, 0) is 14.3 Å². The van der Waals surface area contributed by atoms with E-state index < -0.39 is 11.6 Å². The van der Waals surface area contributed by atoms with Crippen LogP contribution in [0.4, 0.5) is 4.79 Å².